The van der Waals surface area contributed by atoms with E-state index in [1.807, 2.05) is 19.9 Å². The van der Waals surface area contributed by atoms with E-state index in [1.165, 1.54) is 13.8 Å². The third kappa shape index (κ3) is 2.90. The van der Waals surface area contributed by atoms with Crippen molar-refractivity contribution in [2.24, 2.45) is 0 Å². The zero-order valence-corrected chi connectivity index (χ0v) is 11.8. The number of carbonyl (C=O) groups is 1. The van der Waals surface area contributed by atoms with Crippen LogP contribution in [-0.2, 0) is 20.4 Å². The van der Waals surface area contributed by atoms with E-state index in [2.05, 4.69) is 0 Å². The molecule has 1 aromatic rings. The molecule has 4 nitrogen and oxygen atoms in total. The Kier molecular flexibility index (Phi) is 3.86. The van der Waals surface area contributed by atoms with Crippen molar-refractivity contribution in [3.05, 3.63) is 34.9 Å². The number of carboxylic acids is 1. The van der Waals surface area contributed by atoms with E-state index >= 15 is 0 Å². The lowest BCUT2D eigenvalue weighted by molar-refractivity contribution is -0.139. The standard InChI is InChI=1S/C13H18O4S/c1-9-5-10(2)7-11(6-9)8-18(16,17)13(3,4)12(14)15/h5-7H,8H2,1-4H3,(H,14,15). The van der Waals surface area contributed by atoms with Gasteiger partial charge in [0.15, 0.2) is 14.6 Å². The minimum absolute atomic E-state index is 0.255. The largest absolute Gasteiger partial charge is 0.480 e. The van der Waals surface area contributed by atoms with Crippen molar-refractivity contribution in [2.75, 3.05) is 0 Å². The average molecular weight is 270 g/mol. The van der Waals surface area contributed by atoms with E-state index < -0.39 is 20.6 Å². The summed E-state index contributed by atoms with van der Waals surface area (Å²) in [4.78, 5) is 11.0. The van der Waals surface area contributed by atoms with Gasteiger partial charge < -0.3 is 5.11 Å². The number of sulfone groups is 1. The van der Waals surface area contributed by atoms with Crippen molar-refractivity contribution >= 4 is 15.8 Å². The first-order valence-electron chi connectivity index (χ1n) is 5.59. The number of benzene rings is 1. The van der Waals surface area contributed by atoms with Crippen LogP contribution in [0.5, 0.6) is 0 Å². The zero-order chi connectivity index (χ0) is 14.1. The molecule has 0 amide bonds. The number of carboxylic acid groups (broad SMARTS) is 1. The second-order valence-corrected chi connectivity index (χ2v) is 7.61. The molecule has 1 aromatic carbocycles. The minimum atomic E-state index is -3.75. The molecule has 0 aliphatic rings. The number of aliphatic carboxylic acids is 1. The molecule has 0 heterocycles. The maximum atomic E-state index is 12.1. The van der Waals surface area contributed by atoms with E-state index in [0.29, 0.717) is 5.56 Å². The molecule has 0 spiro atoms. The van der Waals surface area contributed by atoms with Crippen LogP contribution in [0.4, 0.5) is 0 Å². The lowest BCUT2D eigenvalue weighted by Crippen LogP contribution is -2.41. The summed E-state index contributed by atoms with van der Waals surface area (Å²) >= 11 is 0. The van der Waals surface area contributed by atoms with Gasteiger partial charge in [-0.1, -0.05) is 29.3 Å². The quantitative estimate of drug-likeness (QED) is 0.909. The Labute approximate surface area is 108 Å². The summed E-state index contributed by atoms with van der Waals surface area (Å²) in [5, 5.41) is 8.98. The summed E-state index contributed by atoms with van der Waals surface area (Å²) in [5.74, 6) is -1.58. The molecule has 0 radical (unpaired) electrons. The van der Waals surface area contributed by atoms with Gasteiger partial charge in [0.2, 0.25) is 0 Å². The van der Waals surface area contributed by atoms with Gasteiger partial charge in [-0.25, -0.2) is 8.42 Å². The monoisotopic (exact) mass is 270 g/mol. The summed E-state index contributed by atoms with van der Waals surface area (Å²) in [7, 11) is -3.75. The topological polar surface area (TPSA) is 71.4 Å². The summed E-state index contributed by atoms with van der Waals surface area (Å²) in [6.07, 6.45) is 0. The lowest BCUT2D eigenvalue weighted by Gasteiger charge is -2.20. The molecule has 0 bridgehead atoms. The predicted molar refractivity (Wildman–Crippen MR) is 70.3 cm³/mol. The van der Waals surface area contributed by atoms with E-state index in [0.717, 1.165) is 11.1 Å². The van der Waals surface area contributed by atoms with Crippen molar-refractivity contribution in [1.82, 2.24) is 0 Å². The highest BCUT2D eigenvalue weighted by atomic mass is 32.2. The van der Waals surface area contributed by atoms with Crippen LogP contribution in [-0.4, -0.2) is 24.2 Å². The number of aryl methyl sites for hydroxylation is 2. The average Bonchev–Trinajstić information content (AvgIpc) is 2.13. The Bertz CT molecular complexity index is 550. The zero-order valence-electron chi connectivity index (χ0n) is 11.0. The summed E-state index contributed by atoms with van der Waals surface area (Å²) in [6.45, 7) is 6.19. The fourth-order valence-electron chi connectivity index (χ4n) is 1.69. The molecule has 100 valence electrons. The van der Waals surface area contributed by atoms with Crippen LogP contribution >= 0.6 is 0 Å². The number of hydrogen-bond acceptors (Lipinski definition) is 3. The first-order chi connectivity index (χ1) is 8.06. The molecule has 18 heavy (non-hydrogen) atoms. The highest BCUT2D eigenvalue weighted by molar-refractivity contribution is 7.92. The van der Waals surface area contributed by atoms with Gasteiger partial charge in [-0.15, -0.1) is 0 Å². The summed E-state index contributed by atoms with van der Waals surface area (Å²) in [6, 6.07) is 5.48. The van der Waals surface area contributed by atoms with E-state index in [9.17, 15) is 13.2 Å². The lowest BCUT2D eigenvalue weighted by atomic mass is 10.1. The van der Waals surface area contributed by atoms with Crippen molar-refractivity contribution in [3.63, 3.8) is 0 Å². The molecule has 0 saturated carbocycles. The van der Waals surface area contributed by atoms with Crippen LogP contribution in [0.2, 0.25) is 0 Å². The van der Waals surface area contributed by atoms with Crippen molar-refractivity contribution < 1.29 is 18.3 Å². The molecule has 0 fully saturated rings. The molecule has 0 aliphatic heterocycles. The van der Waals surface area contributed by atoms with Crippen LogP contribution in [0, 0.1) is 13.8 Å². The SMILES string of the molecule is Cc1cc(C)cc(CS(=O)(=O)C(C)(C)C(=O)O)c1. The number of hydrogen-bond donors (Lipinski definition) is 1. The molecule has 0 atom stereocenters. The highest BCUT2D eigenvalue weighted by Crippen LogP contribution is 2.22. The van der Waals surface area contributed by atoms with Gasteiger partial charge in [-0.3, -0.25) is 4.79 Å². The first-order valence-corrected chi connectivity index (χ1v) is 7.24. The minimum Gasteiger partial charge on any atom is -0.480 e. The molecule has 1 N–H and O–H groups in total. The summed E-state index contributed by atoms with van der Waals surface area (Å²) in [5.41, 5.74) is 2.56. The van der Waals surface area contributed by atoms with Crippen molar-refractivity contribution in [2.45, 2.75) is 38.2 Å². The second kappa shape index (κ2) is 4.72. The van der Waals surface area contributed by atoms with Crippen LogP contribution in [0.3, 0.4) is 0 Å². The Morgan fingerprint density at radius 1 is 1.17 bits per heavy atom. The van der Waals surface area contributed by atoms with Gasteiger partial charge >= 0.3 is 5.97 Å². The highest BCUT2D eigenvalue weighted by Gasteiger charge is 2.41. The van der Waals surface area contributed by atoms with Crippen LogP contribution in [0.25, 0.3) is 0 Å². The van der Waals surface area contributed by atoms with Crippen LogP contribution < -0.4 is 0 Å². The van der Waals surface area contributed by atoms with Gasteiger partial charge in [0.25, 0.3) is 0 Å². The van der Waals surface area contributed by atoms with Crippen molar-refractivity contribution in [1.29, 1.82) is 0 Å². The third-order valence-electron chi connectivity index (χ3n) is 2.93. The Balaban J connectivity index is 3.14. The van der Waals surface area contributed by atoms with Gasteiger partial charge in [0.05, 0.1) is 5.75 Å². The normalized spacial score (nSPS) is 12.4. The molecular formula is C13H18O4S. The maximum Gasteiger partial charge on any atom is 0.324 e. The second-order valence-electron chi connectivity index (χ2n) is 5.07. The number of rotatable bonds is 4. The Morgan fingerprint density at radius 3 is 2.00 bits per heavy atom. The third-order valence-corrected chi connectivity index (χ3v) is 5.37. The molecule has 0 aliphatic carbocycles. The smallest absolute Gasteiger partial charge is 0.324 e. The van der Waals surface area contributed by atoms with E-state index in [1.54, 1.807) is 12.1 Å². The molecule has 0 saturated heterocycles. The molecule has 0 aromatic heterocycles. The Morgan fingerprint density at radius 2 is 1.61 bits per heavy atom. The van der Waals surface area contributed by atoms with Crippen molar-refractivity contribution in [3.8, 4) is 0 Å². The fourth-order valence-corrected chi connectivity index (χ4v) is 2.92. The van der Waals surface area contributed by atoms with E-state index in [4.69, 9.17) is 5.11 Å². The fraction of sp³-hybridized carbons (Fsp3) is 0.462. The summed E-state index contributed by atoms with van der Waals surface area (Å²) < 4.78 is 22.4. The van der Waals surface area contributed by atoms with Gasteiger partial charge in [0, 0.05) is 0 Å². The van der Waals surface area contributed by atoms with Crippen LogP contribution in [0.15, 0.2) is 18.2 Å². The molecule has 5 heteroatoms. The Hall–Kier alpha value is -1.36. The van der Waals surface area contributed by atoms with Gasteiger partial charge in [-0.2, -0.15) is 0 Å². The first kappa shape index (κ1) is 14.7. The van der Waals surface area contributed by atoms with Gasteiger partial charge in [-0.05, 0) is 33.3 Å². The van der Waals surface area contributed by atoms with Gasteiger partial charge in [0.1, 0.15) is 0 Å². The van der Waals surface area contributed by atoms with E-state index in [-0.39, 0.29) is 5.75 Å². The van der Waals surface area contributed by atoms with Crippen LogP contribution in [0.1, 0.15) is 30.5 Å². The molecule has 1 rings (SSSR count). The predicted octanol–water partition coefficient (Wildman–Crippen LogP) is 2.08. The maximum absolute atomic E-state index is 12.1. The molecular weight excluding hydrogens is 252 g/mol. The molecule has 0 unspecified atom stereocenters.